The molecule has 0 aliphatic heterocycles. The number of carbonyl (C=O) groups excluding carboxylic acids is 3. The van der Waals surface area contributed by atoms with E-state index in [1.54, 1.807) is 36.4 Å². The van der Waals surface area contributed by atoms with E-state index in [1.165, 1.54) is 6.92 Å². The molecule has 2 aromatic rings. The molecule has 4 heteroatoms. The molecule has 0 saturated carbocycles. The number of ketones is 2. The predicted molar refractivity (Wildman–Crippen MR) is 91.1 cm³/mol. The van der Waals surface area contributed by atoms with Crippen molar-refractivity contribution in [3.8, 4) is 0 Å². The SMILES string of the molecule is Cc1ccc(C(=O)CCC(=O)OC(C)C(=O)c2ccccc2)cc1. The van der Waals surface area contributed by atoms with Crippen LogP contribution in [0.5, 0.6) is 0 Å². The first kappa shape index (κ1) is 17.6. The number of aryl methyl sites for hydroxylation is 1. The van der Waals surface area contributed by atoms with Crippen molar-refractivity contribution in [1.82, 2.24) is 0 Å². The van der Waals surface area contributed by atoms with Crippen molar-refractivity contribution in [3.63, 3.8) is 0 Å². The van der Waals surface area contributed by atoms with Gasteiger partial charge in [-0.15, -0.1) is 0 Å². The lowest BCUT2D eigenvalue weighted by Gasteiger charge is -2.12. The molecular formula is C20H20O4. The summed E-state index contributed by atoms with van der Waals surface area (Å²) in [6, 6.07) is 15.8. The van der Waals surface area contributed by atoms with Gasteiger partial charge < -0.3 is 4.74 Å². The predicted octanol–water partition coefficient (Wildman–Crippen LogP) is 3.77. The molecule has 24 heavy (non-hydrogen) atoms. The molecule has 0 fully saturated rings. The number of hydrogen-bond donors (Lipinski definition) is 0. The van der Waals surface area contributed by atoms with Gasteiger partial charge in [-0.05, 0) is 13.8 Å². The lowest BCUT2D eigenvalue weighted by atomic mass is 10.1. The van der Waals surface area contributed by atoms with Crippen LogP contribution in [0, 0.1) is 6.92 Å². The zero-order chi connectivity index (χ0) is 17.5. The Morgan fingerprint density at radius 1 is 0.875 bits per heavy atom. The van der Waals surface area contributed by atoms with Crippen molar-refractivity contribution in [2.45, 2.75) is 32.8 Å². The molecular weight excluding hydrogens is 304 g/mol. The molecule has 2 rings (SSSR count). The van der Waals surface area contributed by atoms with Gasteiger partial charge in [-0.1, -0.05) is 60.2 Å². The van der Waals surface area contributed by atoms with Crippen LogP contribution in [-0.4, -0.2) is 23.6 Å². The van der Waals surface area contributed by atoms with Gasteiger partial charge in [0.15, 0.2) is 11.9 Å². The van der Waals surface area contributed by atoms with Gasteiger partial charge in [0, 0.05) is 17.5 Å². The summed E-state index contributed by atoms with van der Waals surface area (Å²) < 4.78 is 5.13. The van der Waals surface area contributed by atoms with Crippen molar-refractivity contribution in [3.05, 3.63) is 71.3 Å². The summed E-state index contributed by atoms with van der Waals surface area (Å²) in [6.45, 7) is 3.48. The van der Waals surface area contributed by atoms with Crippen LogP contribution in [0.4, 0.5) is 0 Å². The number of rotatable bonds is 7. The van der Waals surface area contributed by atoms with Crippen molar-refractivity contribution >= 4 is 17.5 Å². The first-order valence-corrected chi connectivity index (χ1v) is 7.86. The Bertz CT molecular complexity index is 717. The first-order chi connectivity index (χ1) is 11.5. The van der Waals surface area contributed by atoms with Crippen LogP contribution < -0.4 is 0 Å². The third-order valence-electron chi connectivity index (χ3n) is 3.67. The number of esters is 1. The fourth-order valence-electron chi connectivity index (χ4n) is 2.25. The number of Topliss-reactive ketones (excluding diaryl/α,β-unsaturated/α-hetero) is 2. The maximum absolute atomic E-state index is 12.1. The summed E-state index contributed by atoms with van der Waals surface area (Å²) in [5, 5.41) is 0. The normalized spacial score (nSPS) is 11.6. The highest BCUT2D eigenvalue weighted by Gasteiger charge is 2.19. The molecule has 0 aromatic heterocycles. The zero-order valence-electron chi connectivity index (χ0n) is 13.8. The van der Waals surface area contributed by atoms with Crippen LogP contribution in [0.25, 0.3) is 0 Å². The van der Waals surface area contributed by atoms with Gasteiger partial charge in [-0.25, -0.2) is 0 Å². The summed E-state index contributed by atoms with van der Waals surface area (Å²) in [5.74, 6) is -0.921. The van der Waals surface area contributed by atoms with Gasteiger partial charge in [0.2, 0.25) is 5.78 Å². The summed E-state index contributed by atoms with van der Waals surface area (Å²) in [5.41, 5.74) is 2.13. The Morgan fingerprint density at radius 3 is 2.12 bits per heavy atom. The van der Waals surface area contributed by atoms with Crippen molar-refractivity contribution < 1.29 is 19.1 Å². The first-order valence-electron chi connectivity index (χ1n) is 7.86. The molecule has 1 unspecified atom stereocenters. The molecule has 2 aromatic carbocycles. The van der Waals surface area contributed by atoms with Crippen LogP contribution in [0.15, 0.2) is 54.6 Å². The van der Waals surface area contributed by atoms with Gasteiger partial charge >= 0.3 is 5.97 Å². The number of hydrogen-bond acceptors (Lipinski definition) is 4. The average molecular weight is 324 g/mol. The van der Waals surface area contributed by atoms with Crippen molar-refractivity contribution in [2.24, 2.45) is 0 Å². The van der Waals surface area contributed by atoms with Crippen LogP contribution in [-0.2, 0) is 9.53 Å². The van der Waals surface area contributed by atoms with E-state index in [-0.39, 0.29) is 24.4 Å². The average Bonchev–Trinajstić information content (AvgIpc) is 2.60. The van der Waals surface area contributed by atoms with Crippen molar-refractivity contribution in [1.29, 1.82) is 0 Å². The van der Waals surface area contributed by atoms with E-state index in [4.69, 9.17) is 4.74 Å². The molecule has 0 saturated heterocycles. The second kappa shape index (κ2) is 8.20. The maximum atomic E-state index is 12.1. The van der Waals surface area contributed by atoms with Crippen molar-refractivity contribution in [2.75, 3.05) is 0 Å². The monoisotopic (exact) mass is 324 g/mol. The summed E-state index contributed by atoms with van der Waals surface area (Å²) >= 11 is 0. The molecule has 0 aliphatic rings. The van der Waals surface area contributed by atoms with Gasteiger partial charge in [0.1, 0.15) is 0 Å². The molecule has 0 amide bonds. The van der Waals surface area contributed by atoms with Crippen LogP contribution >= 0.6 is 0 Å². The highest BCUT2D eigenvalue weighted by Crippen LogP contribution is 2.10. The largest absolute Gasteiger partial charge is 0.454 e. The van der Waals surface area contributed by atoms with Crippen LogP contribution in [0.2, 0.25) is 0 Å². The highest BCUT2D eigenvalue weighted by atomic mass is 16.5. The summed E-state index contributed by atoms with van der Waals surface area (Å²) in [7, 11) is 0. The summed E-state index contributed by atoms with van der Waals surface area (Å²) in [6.07, 6.45) is -0.845. The van der Waals surface area contributed by atoms with E-state index >= 15 is 0 Å². The highest BCUT2D eigenvalue weighted by molar-refractivity contribution is 6.00. The Kier molecular flexibility index (Phi) is 6.01. The summed E-state index contributed by atoms with van der Waals surface area (Å²) in [4.78, 5) is 36.0. The second-order valence-corrected chi connectivity index (χ2v) is 5.65. The molecule has 0 heterocycles. The third kappa shape index (κ3) is 4.88. The minimum absolute atomic E-state index is 0.0425. The number of ether oxygens (including phenoxy) is 1. The molecule has 124 valence electrons. The van der Waals surface area contributed by atoms with Gasteiger partial charge in [-0.3, -0.25) is 14.4 Å². The van der Waals surface area contributed by atoms with Gasteiger partial charge in [-0.2, -0.15) is 0 Å². The lowest BCUT2D eigenvalue weighted by molar-refractivity contribution is -0.146. The molecule has 1 atom stereocenters. The molecule has 0 bridgehead atoms. The number of carbonyl (C=O) groups is 3. The van der Waals surface area contributed by atoms with E-state index in [0.29, 0.717) is 11.1 Å². The fourth-order valence-corrected chi connectivity index (χ4v) is 2.25. The Morgan fingerprint density at radius 2 is 1.50 bits per heavy atom. The Labute approximate surface area is 141 Å². The third-order valence-corrected chi connectivity index (χ3v) is 3.67. The minimum atomic E-state index is -0.866. The van der Waals surface area contributed by atoms with E-state index in [0.717, 1.165) is 5.56 Å². The minimum Gasteiger partial charge on any atom is -0.454 e. The molecule has 0 aliphatic carbocycles. The molecule has 4 nitrogen and oxygen atoms in total. The van der Waals surface area contributed by atoms with Crippen LogP contribution in [0.1, 0.15) is 46.0 Å². The molecule has 0 N–H and O–H groups in total. The van der Waals surface area contributed by atoms with Gasteiger partial charge in [0.25, 0.3) is 0 Å². The van der Waals surface area contributed by atoms with E-state index in [2.05, 4.69) is 0 Å². The van der Waals surface area contributed by atoms with E-state index in [9.17, 15) is 14.4 Å². The quantitative estimate of drug-likeness (QED) is 0.574. The fraction of sp³-hybridized carbons (Fsp3) is 0.250. The molecule has 0 spiro atoms. The van der Waals surface area contributed by atoms with Gasteiger partial charge in [0.05, 0.1) is 6.42 Å². The number of benzene rings is 2. The molecule has 0 radical (unpaired) electrons. The maximum Gasteiger partial charge on any atom is 0.306 e. The van der Waals surface area contributed by atoms with E-state index < -0.39 is 12.1 Å². The second-order valence-electron chi connectivity index (χ2n) is 5.65. The Hall–Kier alpha value is -2.75. The smallest absolute Gasteiger partial charge is 0.306 e. The van der Waals surface area contributed by atoms with Crippen LogP contribution in [0.3, 0.4) is 0 Å². The van der Waals surface area contributed by atoms with E-state index in [1.807, 2.05) is 25.1 Å². The topological polar surface area (TPSA) is 60.4 Å². The lowest BCUT2D eigenvalue weighted by Crippen LogP contribution is -2.24. The zero-order valence-corrected chi connectivity index (χ0v) is 13.8. The standard InChI is InChI=1S/C20H20O4/c1-14-8-10-16(11-9-14)18(21)12-13-19(22)24-15(2)20(23)17-6-4-3-5-7-17/h3-11,15H,12-13H2,1-2H3. The Balaban J connectivity index is 1.83.